The molecule has 0 saturated carbocycles. The van der Waals surface area contributed by atoms with Gasteiger partial charge in [-0.3, -0.25) is 0 Å². The molecule has 6 heteroatoms. The Labute approximate surface area is 156 Å². The highest BCUT2D eigenvalue weighted by Crippen LogP contribution is 2.25. The summed E-state index contributed by atoms with van der Waals surface area (Å²) in [5.41, 5.74) is 0. The fraction of sp³-hybridized carbons (Fsp3) is 0.700. The highest BCUT2D eigenvalue weighted by Gasteiger charge is 2.19. The van der Waals surface area contributed by atoms with Crippen LogP contribution in [0.25, 0.3) is 0 Å². The van der Waals surface area contributed by atoms with Crippen LogP contribution in [-0.4, -0.2) is 0 Å². The van der Waals surface area contributed by atoms with Crippen LogP contribution in [0.5, 0.6) is 0 Å². The predicted molar refractivity (Wildman–Crippen MR) is 93.8 cm³/mol. The van der Waals surface area contributed by atoms with Crippen molar-refractivity contribution >= 4 is 0 Å². The molecule has 0 aliphatic heterocycles. The second-order valence-corrected chi connectivity index (χ2v) is 6.44. The Bertz CT molecular complexity index is 643. The molecule has 4 unspecified atom stereocenters. The average Bonchev–Trinajstić information content (AvgIpc) is 2.67. The summed E-state index contributed by atoms with van der Waals surface area (Å²) in [6.07, 6.45) is 5.33. The van der Waals surface area contributed by atoms with E-state index in [9.17, 15) is 15.8 Å². The van der Waals surface area contributed by atoms with Crippen LogP contribution in [0.1, 0.15) is 64.2 Å². The Morgan fingerprint density at radius 3 is 1.35 bits per heavy atom. The SMILES string of the molecule is N#CCCCC(C#N)CC(C#N)CCC(C#N)CCC(C#N)CCC#N. The lowest BCUT2D eigenvalue weighted by Crippen LogP contribution is -2.09. The van der Waals surface area contributed by atoms with Crippen molar-refractivity contribution in [3.8, 4) is 36.4 Å². The van der Waals surface area contributed by atoms with Crippen molar-refractivity contribution in [2.75, 3.05) is 0 Å². The molecule has 4 atom stereocenters. The van der Waals surface area contributed by atoms with Crippen molar-refractivity contribution in [3.63, 3.8) is 0 Å². The van der Waals surface area contributed by atoms with E-state index in [2.05, 4.69) is 30.3 Å². The van der Waals surface area contributed by atoms with E-state index in [0.717, 1.165) is 0 Å². The van der Waals surface area contributed by atoms with E-state index in [4.69, 9.17) is 15.8 Å². The molecular weight excluding hydrogens is 324 g/mol. The normalized spacial score (nSPS) is 14.1. The van der Waals surface area contributed by atoms with Crippen LogP contribution in [0.4, 0.5) is 0 Å². The molecule has 0 fully saturated rings. The number of nitriles is 6. The molecule has 0 rings (SSSR count). The van der Waals surface area contributed by atoms with Gasteiger partial charge in [0.15, 0.2) is 0 Å². The van der Waals surface area contributed by atoms with Crippen molar-refractivity contribution in [3.05, 3.63) is 0 Å². The highest BCUT2D eigenvalue weighted by molar-refractivity contribution is 4.94. The first-order valence-corrected chi connectivity index (χ1v) is 8.97. The highest BCUT2D eigenvalue weighted by atomic mass is 14.3. The van der Waals surface area contributed by atoms with Crippen molar-refractivity contribution < 1.29 is 0 Å². The van der Waals surface area contributed by atoms with Gasteiger partial charge in [0, 0.05) is 36.5 Å². The molecule has 0 N–H and O–H groups in total. The predicted octanol–water partition coefficient (Wildman–Crippen LogP) is 4.49. The molecular formula is C20H24N6. The van der Waals surface area contributed by atoms with Crippen LogP contribution >= 0.6 is 0 Å². The lowest BCUT2D eigenvalue weighted by molar-refractivity contribution is 0.395. The van der Waals surface area contributed by atoms with Gasteiger partial charge in [0.05, 0.1) is 36.4 Å². The Morgan fingerprint density at radius 2 is 0.885 bits per heavy atom. The van der Waals surface area contributed by atoms with E-state index < -0.39 is 0 Å². The van der Waals surface area contributed by atoms with Crippen molar-refractivity contribution in [2.24, 2.45) is 23.7 Å². The number of rotatable bonds is 13. The number of hydrogen-bond donors (Lipinski definition) is 0. The number of unbranched alkanes of at least 4 members (excludes halogenated alkanes) is 1. The smallest absolute Gasteiger partial charge is 0.0656 e. The van der Waals surface area contributed by atoms with E-state index >= 15 is 0 Å². The van der Waals surface area contributed by atoms with Gasteiger partial charge in [-0.1, -0.05) is 0 Å². The molecule has 6 nitrogen and oxygen atoms in total. The maximum absolute atomic E-state index is 9.31. The van der Waals surface area contributed by atoms with Gasteiger partial charge in [0.2, 0.25) is 0 Å². The summed E-state index contributed by atoms with van der Waals surface area (Å²) in [5, 5.41) is 54.0. The molecule has 0 aromatic carbocycles. The quantitative estimate of drug-likeness (QED) is 0.448. The monoisotopic (exact) mass is 348 g/mol. The average molecular weight is 348 g/mol. The van der Waals surface area contributed by atoms with Gasteiger partial charge in [-0.2, -0.15) is 31.6 Å². The van der Waals surface area contributed by atoms with Crippen molar-refractivity contribution in [2.45, 2.75) is 64.2 Å². The van der Waals surface area contributed by atoms with E-state index in [1.165, 1.54) is 0 Å². The number of nitrogens with zero attached hydrogens (tertiary/aromatic N) is 6. The van der Waals surface area contributed by atoms with Crippen molar-refractivity contribution in [1.82, 2.24) is 0 Å². The van der Waals surface area contributed by atoms with E-state index in [0.29, 0.717) is 64.2 Å². The Balaban J connectivity index is 4.38. The van der Waals surface area contributed by atoms with Gasteiger partial charge in [-0.15, -0.1) is 0 Å². The lowest BCUT2D eigenvalue weighted by Gasteiger charge is -2.15. The maximum atomic E-state index is 9.31. The largest absolute Gasteiger partial charge is 0.198 e. The minimum absolute atomic E-state index is 0.208. The van der Waals surface area contributed by atoms with Gasteiger partial charge in [-0.05, 0) is 51.4 Å². The third-order valence-corrected chi connectivity index (χ3v) is 4.47. The fourth-order valence-corrected chi connectivity index (χ4v) is 2.83. The van der Waals surface area contributed by atoms with Crippen LogP contribution in [0, 0.1) is 91.7 Å². The third-order valence-electron chi connectivity index (χ3n) is 4.47. The standard InChI is InChI=1S/C20H24N6/c21-10-2-1-4-19(15-25)12-20(16-26)9-8-18(14-24)7-6-17(13-23)5-3-11-22/h17-20H,1-9,12H2. The van der Waals surface area contributed by atoms with Crippen LogP contribution < -0.4 is 0 Å². The summed E-state index contributed by atoms with van der Waals surface area (Å²) in [6, 6.07) is 12.9. The molecule has 26 heavy (non-hydrogen) atoms. The minimum Gasteiger partial charge on any atom is -0.198 e. The molecule has 0 bridgehead atoms. The summed E-state index contributed by atoms with van der Waals surface area (Å²) >= 11 is 0. The topological polar surface area (TPSA) is 143 Å². The van der Waals surface area contributed by atoms with Gasteiger partial charge >= 0.3 is 0 Å². The minimum atomic E-state index is -0.275. The zero-order valence-electron chi connectivity index (χ0n) is 15.1. The Kier molecular flexibility index (Phi) is 13.6. The van der Waals surface area contributed by atoms with Crippen LogP contribution in [-0.2, 0) is 0 Å². The molecule has 0 amide bonds. The van der Waals surface area contributed by atoms with Crippen LogP contribution in [0.15, 0.2) is 0 Å². The second-order valence-electron chi connectivity index (χ2n) is 6.44. The Morgan fingerprint density at radius 1 is 0.462 bits per heavy atom. The first-order chi connectivity index (χ1) is 12.6. The molecule has 0 saturated heterocycles. The molecule has 0 heterocycles. The first kappa shape index (κ1) is 22.9. The maximum Gasteiger partial charge on any atom is 0.0656 e. The zero-order valence-corrected chi connectivity index (χ0v) is 15.1. The lowest BCUT2D eigenvalue weighted by atomic mass is 9.86. The third kappa shape index (κ3) is 10.7. The number of hydrogen-bond acceptors (Lipinski definition) is 6. The van der Waals surface area contributed by atoms with Gasteiger partial charge < -0.3 is 0 Å². The first-order valence-electron chi connectivity index (χ1n) is 8.97. The summed E-state index contributed by atoms with van der Waals surface area (Å²) in [7, 11) is 0. The molecule has 0 spiro atoms. The fourth-order valence-electron chi connectivity index (χ4n) is 2.83. The summed E-state index contributed by atoms with van der Waals surface area (Å²) in [6.45, 7) is 0. The second kappa shape index (κ2) is 15.5. The van der Waals surface area contributed by atoms with E-state index in [-0.39, 0.29) is 23.7 Å². The molecule has 0 aromatic rings. The Hall–Kier alpha value is -3.06. The van der Waals surface area contributed by atoms with Crippen molar-refractivity contribution in [1.29, 1.82) is 31.6 Å². The summed E-state index contributed by atoms with van der Waals surface area (Å²) < 4.78 is 0. The van der Waals surface area contributed by atoms with E-state index in [1.54, 1.807) is 0 Å². The van der Waals surface area contributed by atoms with Crippen LogP contribution in [0.2, 0.25) is 0 Å². The summed E-state index contributed by atoms with van der Waals surface area (Å²) in [4.78, 5) is 0. The molecule has 134 valence electrons. The molecule has 0 aliphatic carbocycles. The van der Waals surface area contributed by atoms with Gasteiger partial charge in [0.25, 0.3) is 0 Å². The van der Waals surface area contributed by atoms with Crippen LogP contribution in [0.3, 0.4) is 0 Å². The molecule has 0 radical (unpaired) electrons. The van der Waals surface area contributed by atoms with Gasteiger partial charge in [-0.25, -0.2) is 0 Å². The molecule has 0 aliphatic rings. The van der Waals surface area contributed by atoms with E-state index in [1.807, 2.05) is 6.07 Å². The summed E-state index contributed by atoms with van der Waals surface area (Å²) in [5.74, 6) is -0.936. The van der Waals surface area contributed by atoms with Gasteiger partial charge in [0.1, 0.15) is 0 Å². The molecule has 0 aromatic heterocycles. The zero-order chi connectivity index (χ0) is 19.6.